The largest absolute Gasteiger partial charge is 0.586 e. The lowest BCUT2D eigenvalue weighted by atomic mass is 9.72. The standard InChI is InChI=1S/C29H34F2N2O5/c1-28(2,3)22-23(32-19-14-15-20-21(16-19)38-29(30,31)37-20)24(17-10-6-4-7-11-17)33(25(22)27(35)36)26(34)18-12-8-5-9-13-18/h4,6-7,10-11,14-16,18,22-25,32H,5,8-9,12-13H2,1-3H3,(H,35,36)/t22-,23-,24-,25-/m1/s1. The van der Waals surface area contributed by atoms with Gasteiger partial charge in [0, 0.05) is 23.6 Å². The summed E-state index contributed by atoms with van der Waals surface area (Å²) in [5.41, 5.74) is 0.777. The predicted octanol–water partition coefficient (Wildman–Crippen LogP) is 6.07. The van der Waals surface area contributed by atoms with E-state index in [-0.39, 0.29) is 23.3 Å². The number of halogens is 2. The normalized spacial score (nSPS) is 26.8. The maximum Gasteiger partial charge on any atom is 0.586 e. The smallest absolute Gasteiger partial charge is 0.480 e. The van der Waals surface area contributed by atoms with Crippen molar-refractivity contribution in [2.24, 2.45) is 17.3 Å². The quantitative estimate of drug-likeness (QED) is 0.490. The number of aliphatic carboxylic acids is 1. The predicted molar refractivity (Wildman–Crippen MR) is 137 cm³/mol. The first kappa shape index (κ1) is 26.3. The minimum Gasteiger partial charge on any atom is -0.480 e. The topological polar surface area (TPSA) is 88.1 Å². The number of carboxylic acids is 1. The first-order valence-electron chi connectivity index (χ1n) is 13.2. The van der Waals surface area contributed by atoms with Crippen LogP contribution in [0.2, 0.25) is 0 Å². The Labute approximate surface area is 221 Å². The lowest BCUT2D eigenvalue weighted by Crippen LogP contribution is -2.49. The zero-order chi connectivity index (χ0) is 27.2. The molecule has 3 aliphatic rings. The summed E-state index contributed by atoms with van der Waals surface area (Å²) in [4.78, 5) is 28.6. The van der Waals surface area contributed by atoms with Crippen LogP contribution in [0.5, 0.6) is 11.5 Å². The molecule has 1 saturated heterocycles. The van der Waals surface area contributed by atoms with Gasteiger partial charge in [-0.25, -0.2) is 4.79 Å². The van der Waals surface area contributed by atoms with E-state index in [2.05, 4.69) is 14.8 Å². The van der Waals surface area contributed by atoms with Crippen LogP contribution in [0, 0.1) is 17.3 Å². The van der Waals surface area contributed by atoms with Crippen LogP contribution in [-0.4, -0.2) is 40.3 Å². The summed E-state index contributed by atoms with van der Waals surface area (Å²) in [5.74, 6) is -2.07. The zero-order valence-corrected chi connectivity index (χ0v) is 21.8. The number of alkyl halides is 2. The maximum atomic E-state index is 14.1. The maximum absolute atomic E-state index is 14.1. The summed E-state index contributed by atoms with van der Waals surface area (Å²) in [5, 5.41) is 14.0. The molecular formula is C29H34F2N2O5. The Morgan fingerprint density at radius 1 is 1.00 bits per heavy atom. The Bertz CT molecular complexity index is 1190. The van der Waals surface area contributed by atoms with Gasteiger partial charge >= 0.3 is 12.3 Å². The summed E-state index contributed by atoms with van der Waals surface area (Å²) >= 11 is 0. The Morgan fingerprint density at radius 2 is 1.66 bits per heavy atom. The van der Waals surface area contributed by atoms with Gasteiger partial charge in [-0.3, -0.25) is 4.79 Å². The van der Waals surface area contributed by atoms with Crippen molar-refractivity contribution in [3.05, 3.63) is 54.1 Å². The second-order valence-corrected chi connectivity index (χ2v) is 11.6. The molecule has 2 aliphatic heterocycles. The van der Waals surface area contributed by atoms with E-state index in [1.807, 2.05) is 51.1 Å². The van der Waals surface area contributed by atoms with Crippen LogP contribution >= 0.6 is 0 Å². The number of fused-ring (bicyclic) bond motifs is 1. The molecule has 5 rings (SSSR count). The van der Waals surface area contributed by atoms with Gasteiger partial charge < -0.3 is 24.8 Å². The Kier molecular flexibility index (Phi) is 6.73. The highest BCUT2D eigenvalue weighted by Gasteiger charge is 2.58. The molecule has 7 nitrogen and oxygen atoms in total. The van der Waals surface area contributed by atoms with Gasteiger partial charge in [0.1, 0.15) is 6.04 Å². The molecule has 0 radical (unpaired) electrons. The van der Waals surface area contributed by atoms with Crippen LogP contribution in [0.1, 0.15) is 64.5 Å². The van der Waals surface area contributed by atoms with E-state index in [0.717, 1.165) is 37.7 Å². The molecule has 4 atom stereocenters. The van der Waals surface area contributed by atoms with E-state index in [4.69, 9.17) is 0 Å². The SMILES string of the molecule is CC(C)(C)[C@@H]1[C@@H](Nc2ccc3c(c2)OC(F)(F)O3)[C@@H](c2ccccc2)N(C(=O)C2CCCCC2)[C@H]1C(=O)O. The van der Waals surface area contributed by atoms with Crippen LogP contribution < -0.4 is 14.8 Å². The highest BCUT2D eigenvalue weighted by Crippen LogP contribution is 2.51. The van der Waals surface area contributed by atoms with Crippen molar-refractivity contribution in [2.45, 2.75) is 77.3 Å². The van der Waals surface area contributed by atoms with Gasteiger partial charge in [0.2, 0.25) is 5.91 Å². The summed E-state index contributed by atoms with van der Waals surface area (Å²) in [6.45, 7) is 5.91. The van der Waals surface area contributed by atoms with E-state index in [9.17, 15) is 23.5 Å². The van der Waals surface area contributed by atoms with E-state index in [1.54, 1.807) is 11.0 Å². The van der Waals surface area contributed by atoms with Gasteiger partial charge in [0.15, 0.2) is 11.5 Å². The minimum atomic E-state index is -3.74. The third-order valence-corrected chi connectivity index (χ3v) is 8.00. The van der Waals surface area contributed by atoms with Gasteiger partial charge in [-0.2, -0.15) is 0 Å². The van der Waals surface area contributed by atoms with Gasteiger partial charge in [0.25, 0.3) is 0 Å². The molecule has 204 valence electrons. The fourth-order valence-electron chi connectivity index (χ4n) is 6.45. The van der Waals surface area contributed by atoms with Crippen molar-refractivity contribution in [3.8, 4) is 11.5 Å². The fourth-order valence-corrected chi connectivity index (χ4v) is 6.45. The molecule has 1 saturated carbocycles. The Morgan fingerprint density at radius 3 is 2.29 bits per heavy atom. The van der Waals surface area contributed by atoms with Crippen molar-refractivity contribution in [1.82, 2.24) is 4.90 Å². The lowest BCUT2D eigenvalue weighted by Gasteiger charge is -2.36. The van der Waals surface area contributed by atoms with E-state index >= 15 is 0 Å². The Balaban J connectivity index is 1.60. The first-order valence-corrected chi connectivity index (χ1v) is 13.2. The zero-order valence-electron chi connectivity index (χ0n) is 21.8. The number of carbonyl (C=O) groups is 2. The summed E-state index contributed by atoms with van der Waals surface area (Å²) in [6, 6.07) is 11.7. The van der Waals surface area contributed by atoms with Crippen molar-refractivity contribution >= 4 is 17.6 Å². The summed E-state index contributed by atoms with van der Waals surface area (Å²) in [7, 11) is 0. The third kappa shape index (κ3) is 4.90. The van der Waals surface area contributed by atoms with E-state index in [1.165, 1.54) is 12.1 Å². The highest BCUT2D eigenvalue weighted by molar-refractivity contribution is 5.87. The number of nitrogens with one attached hydrogen (secondary N) is 1. The van der Waals surface area contributed by atoms with Crippen molar-refractivity contribution in [3.63, 3.8) is 0 Å². The number of likely N-dealkylation sites (tertiary alicyclic amines) is 1. The highest BCUT2D eigenvalue weighted by atomic mass is 19.3. The van der Waals surface area contributed by atoms with Crippen LogP contribution in [0.25, 0.3) is 0 Å². The number of ether oxygens (including phenoxy) is 2. The summed E-state index contributed by atoms with van der Waals surface area (Å²) < 4.78 is 36.5. The molecule has 38 heavy (non-hydrogen) atoms. The van der Waals surface area contributed by atoms with Gasteiger partial charge in [-0.15, -0.1) is 8.78 Å². The molecule has 9 heteroatoms. The second kappa shape index (κ2) is 9.75. The number of rotatable bonds is 5. The van der Waals surface area contributed by atoms with Gasteiger partial charge in [-0.1, -0.05) is 70.4 Å². The number of hydrogen-bond donors (Lipinski definition) is 2. The number of carbonyl (C=O) groups excluding carboxylic acids is 1. The minimum absolute atomic E-state index is 0.0727. The number of hydrogen-bond acceptors (Lipinski definition) is 5. The van der Waals surface area contributed by atoms with Gasteiger partial charge in [0.05, 0.1) is 12.1 Å². The molecule has 0 spiro atoms. The fraction of sp³-hybridized carbons (Fsp3) is 0.517. The number of nitrogens with zero attached hydrogens (tertiary/aromatic N) is 1. The molecule has 2 aromatic carbocycles. The molecule has 1 amide bonds. The third-order valence-electron chi connectivity index (χ3n) is 8.00. The molecule has 0 bridgehead atoms. The molecule has 0 aromatic heterocycles. The van der Waals surface area contributed by atoms with Crippen molar-refractivity contribution in [1.29, 1.82) is 0 Å². The van der Waals surface area contributed by atoms with Gasteiger partial charge in [-0.05, 0) is 36.0 Å². The first-order chi connectivity index (χ1) is 18.0. The number of anilines is 1. The monoisotopic (exact) mass is 528 g/mol. The average molecular weight is 529 g/mol. The Hall–Kier alpha value is -3.36. The number of amides is 1. The number of benzene rings is 2. The lowest BCUT2D eigenvalue weighted by molar-refractivity contribution is -0.286. The molecular weight excluding hydrogens is 494 g/mol. The van der Waals surface area contributed by atoms with E-state index in [0.29, 0.717) is 5.69 Å². The van der Waals surface area contributed by atoms with Crippen LogP contribution in [-0.2, 0) is 9.59 Å². The molecule has 2 N–H and O–H groups in total. The molecule has 2 aromatic rings. The molecule has 2 fully saturated rings. The second-order valence-electron chi connectivity index (χ2n) is 11.6. The van der Waals surface area contributed by atoms with Crippen LogP contribution in [0.4, 0.5) is 14.5 Å². The summed E-state index contributed by atoms with van der Waals surface area (Å²) in [6.07, 6.45) is 0.725. The molecule has 1 aliphatic carbocycles. The van der Waals surface area contributed by atoms with Crippen molar-refractivity contribution in [2.75, 3.05) is 5.32 Å². The van der Waals surface area contributed by atoms with E-state index < -0.39 is 41.7 Å². The molecule has 0 unspecified atom stereocenters. The van der Waals surface area contributed by atoms with Crippen molar-refractivity contribution < 1.29 is 33.0 Å². The van der Waals surface area contributed by atoms with Crippen LogP contribution in [0.3, 0.4) is 0 Å². The number of carboxylic acid groups (broad SMARTS) is 1. The van der Waals surface area contributed by atoms with Crippen LogP contribution in [0.15, 0.2) is 48.5 Å². The molecule has 2 heterocycles. The average Bonchev–Trinajstić information content (AvgIpc) is 3.37.